The highest BCUT2D eigenvalue weighted by atomic mass is 32.1. The summed E-state index contributed by atoms with van der Waals surface area (Å²) in [6.45, 7) is 0.734. The lowest BCUT2D eigenvalue weighted by atomic mass is 10.3. The molecule has 1 N–H and O–H groups in total. The van der Waals surface area contributed by atoms with Crippen LogP contribution in [0.3, 0.4) is 0 Å². The van der Waals surface area contributed by atoms with Crippen LogP contribution < -0.4 is 10.1 Å². The topological polar surface area (TPSA) is 64.9 Å². The fourth-order valence-corrected chi connectivity index (χ4v) is 3.13. The van der Waals surface area contributed by atoms with Crippen molar-refractivity contribution in [1.29, 1.82) is 0 Å². The van der Waals surface area contributed by atoms with Gasteiger partial charge in [0.15, 0.2) is 5.65 Å². The second-order valence-corrected chi connectivity index (χ2v) is 6.18. The summed E-state index contributed by atoms with van der Waals surface area (Å²) in [6, 6.07) is 11.8. The molecule has 0 saturated carbocycles. The van der Waals surface area contributed by atoms with Crippen LogP contribution in [0.15, 0.2) is 54.3 Å². The van der Waals surface area contributed by atoms with Crippen LogP contribution in [0.2, 0.25) is 0 Å². The Balaban J connectivity index is 1.67. The van der Waals surface area contributed by atoms with E-state index in [9.17, 15) is 0 Å². The maximum absolute atomic E-state index is 5.20. The number of methoxy groups -OCH3 is 1. The van der Waals surface area contributed by atoms with Gasteiger partial charge in [-0.15, -0.1) is 11.3 Å². The second-order valence-electron chi connectivity index (χ2n) is 5.15. The predicted molar refractivity (Wildman–Crippen MR) is 94.9 cm³/mol. The number of ether oxygens (including phenoxy) is 1. The average Bonchev–Trinajstić information content (AvgIpc) is 3.30. The summed E-state index contributed by atoms with van der Waals surface area (Å²) < 4.78 is 6.99. The van der Waals surface area contributed by atoms with Crippen molar-refractivity contribution in [3.63, 3.8) is 0 Å². The van der Waals surface area contributed by atoms with E-state index in [1.54, 1.807) is 35.7 Å². The van der Waals surface area contributed by atoms with Crippen molar-refractivity contribution in [2.24, 2.45) is 0 Å². The van der Waals surface area contributed by atoms with Crippen LogP contribution in [0.5, 0.6) is 5.75 Å². The van der Waals surface area contributed by atoms with Crippen LogP contribution in [0.25, 0.3) is 16.7 Å². The molecule has 0 aliphatic carbocycles. The number of fused-ring (bicyclic) bond motifs is 1. The Bertz CT molecular complexity index is 947. The molecule has 6 nitrogen and oxygen atoms in total. The normalized spacial score (nSPS) is 10.9. The smallest absolute Gasteiger partial charge is 0.168 e. The molecule has 0 amide bonds. The van der Waals surface area contributed by atoms with Gasteiger partial charge in [0.1, 0.15) is 17.9 Å². The van der Waals surface area contributed by atoms with Crippen molar-refractivity contribution in [3.8, 4) is 11.4 Å². The van der Waals surface area contributed by atoms with E-state index in [-0.39, 0.29) is 0 Å². The third-order valence-corrected chi connectivity index (χ3v) is 4.57. The van der Waals surface area contributed by atoms with Crippen molar-refractivity contribution in [1.82, 2.24) is 19.7 Å². The van der Waals surface area contributed by atoms with Gasteiger partial charge in [-0.1, -0.05) is 6.07 Å². The fourth-order valence-electron chi connectivity index (χ4n) is 2.48. The molecular weight excluding hydrogens is 322 g/mol. The first-order valence-corrected chi connectivity index (χ1v) is 8.32. The molecule has 0 spiro atoms. The monoisotopic (exact) mass is 337 g/mol. The second kappa shape index (κ2) is 6.29. The highest BCUT2D eigenvalue weighted by Gasteiger charge is 2.11. The molecule has 7 heteroatoms. The van der Waals surface area contributed by atoms with Gasteiger partial charge in [-0.2, -0.15) is 5.10 Å². The minimum atomic E-state index is 0.734. The van der Waals surface area contributed by atoms with E-state index in [4.69, 9.17) is 4.74 Å². The lowest BCUT2D eigenvalue weighted by Crippen LogP contribution is -2.02. The number of anilines is 1. The Labute approximate surface area is 142 Å². The van der Waals surface area contributed by atoms with E-state index in [2.05, 4.69) is 31.8 Å². The van der Waals surface area contributed by atoms with Crippen LogP contribution in [0, 0.1) is 0 Å². The quantitative estimate of drug-likeness (QED) is 0.604. The van der Waals surface area contributed by atoms with E-state index in [1.807, 2.05) is 30.3 Å². The zero-order valence-electron chi connectivity index (χ0n) is 13.0. The van der Waals surface area contributed by atoms with Crippen molar-refractivity contribution in [2.75, 3.05) is 12.4 Å². The summed E-state index contributed by atoms with van der Waals surface area (Å²) >= 11 is 1.71. The standard InChI is InChI=1S/C17H15N5OS/c1-23-13-6-4-12(5-7-13)22-17-15(10-21-22)16(19-11-20-17)18-9-14-3-2-8-24-14/h2-8,10-11H,9H2,1H3,(H,18,19,20). The minimum Gasteiger partial charge on any atom is -0.497 e. The summed E-state index contributed by atoms with van der Waals surface area (Å²) in [5.41, 5.74) is 1.69. The minimum absolute atomic E-state index is 0.734. The van der Waals surface area contributed by atoms with Gasteiger partial charge >= 0.3 is 0 Å². The lowest BCUT2D eigenvalue weighted by Gasteiger charge is -2.06. The maximum atomic E-state index is 5.20. The van der Waals surface area contributed by atoms with E-state index in [0.717, 1.165) is 34.8 Å². The number of benzene rings is 1. The largest absolute Gasteiger partial charge is 0.497 e. The predicted octanol–water partition coefficient (Wildman–Crippen LogP) is 3.50. The fraction of sp³-hybridized carbons (Fsp3) is 0.118. The summed E-state index contributed by atoms with van der Waals surface area (Å²) in [4.78, 5) is 9.99. The Morgan fingerprint density at radius 3 is 2.79 bits per heavy atom. The Kier molecular flexibility index (Phi) is 3.84. The number of rotatable bonds is 5. The molecule has 0 saturated heterocycles. The van der Waals surface area contributed by atoms with Gasteiger partial charge in [-0.25, -0.2) is 14.6 Å². The molecule has 0 radical (unpaired) electrons. The first kappa shape index (κ1) is 14.6. The molecule has 0 unspecified atom stereocenters. The number of aromatic nitrogens is 4. The van der Waals surface area contributed by atoms with Crippen LogP contribution in [0.4, 0.5) is 5.82 Å². The molecule has 0 bridgehead atoms. The van der Waals surface area contributed by atoms with Crippen molar-refractivity contribution >= 4 is 28.2 Å². The molecule has 3 heterocycles. The molecule has 0 aliphatic rings. The molecule has 0 atom stereocenters. The van der Waals surface area contributed by atoms with Crippen molar-refractivity contribution in [2.45, 2.75) is 6.54 Å². The molecule has 1 aromatic carbocycles. The van der Waals surface area contributed by atoms with E-state index >= 15 is 0 Å². The number of thiophene rings is 1. The average molecular weight is 337 g/mol. The number of hydrogen-bond donors (Lipinski definition) is 1. The molecular formula is C17H15N5OS. The molecule has 24 heavy (non-hydrogen) atoms. The van der Waals surface area contributed by atoms with Crippen LogP contribution in [0.1, 0.15) is 4.88 Å². The molecule has 120 valence electrons. The molecule has 3 aromatic heterocycles. The van der Waals surface area contributed by atoms with Crippen LogP contribution in [-0.2, 0) is 6.54 Å². The van der Waals surface area contributed by atoms with E-state index in [1.165, 1.54) is 4.88 Å². The Morgan fingerprint density at radius 1 is 1.17 bits per heavy atom. The van der Waals surface area contributed by atoms with E-state index < -0.39 is 0 Å². The molecule has 0 aliphatic heterocycles. The first-order valence-electron chi connectivity index (χ1n) is 7.44. The summed E-state index contributed by atoms with van der Waals surface area (Å²) in [6.07, 6.45) is 3.34. The number of nitrogens with zero attached hydrogens (tertiary/aromatic N) is 4. The highest BCUT2D eigenvalue weighted by Crippen LogP contribution is 2.23. The third kappa shape index (κ3) is 2.69. The highest BCUT2D eigenvalue weighted by molar-refractivity contribution is 7.09. The molecule has 4 rings (SSSR count). The molecule has 0 fully saturated rings. The zero-order valence-corrected chi connectivity index (χ0v) is 13.8. The summed E-state index contributed by atoms with van der Waals surface area (Å²) in [7, 11) is 1.65. The zero-order chi connectivity index (χ0) is 16.4. The maximum Gasteiger partial charge on any atom is 0.168 e. The number of hydrogen-bond acceptors (Lipinski definition) is 6. The van der Waals surface area contributed by atoms with Crippen LogP contribution >= 0.6 is 11.3 Å². The van der Waals surface area contributed by atoms with Gasteiger partial charge in [-0.05, 0) is 35.7 Å². The van der Waals surface area contributed by atoms with Gasteiger partial charge in [0.2, 0.25) is 0 Å². The summed E-state index contributed by atoms with van der Waals surface area (Å²) in [5, 5.41) is 10.8. The van der Waals surface area contributed by atoms with Crippen molar-refractivity contribution in [3.05, 3.63) is 59.2 Å². The van der Waals surface area contributed by atoms with Crippen LogP contribution in [-0.4, -0.2) is 26.9 Å². The van der Waals surface area contributed by atoms with Gasteiger partial charge < -0.3 is 10.1 Å². The van der Waals surface area contributed by atoms with Gasteiger partial charge in [-0.3, -0.25) is 0 Å². The van der Waals surface area contributed by atoms with E-state index in [0.29, 0.717) is 0 Å². The van der Waals surface area contributed by atoms with Gasteiger partial charge in [0.25, 0.3) is 0 Å². The first-order chi connectivity index (χ1) is 11.8. The lowest BCUT2D eigenvalue weighted by molar-refractivity contribution is 0.414. The van der Waals surface area contributed by atoms with Crippen molar-refractivity contribution < 1.29 is 4.74 Å². The summed E-state index contributed by atoms with van der Waals surface area (Å²) in [5.74, 6) is 1.59. The van der Waals surface area contributed by atoms with Gasteiger partial charge in [0, 0.05) is 4.88 Å². The Morgan fingerprint density at radius 2 is 2.04 bits per heavy atom. The number of nitrogens with one attached hydrogen (secondary N) is 1. The SMILES string of the molecule is COc1ccc(-n2ncc3c(NCc4cccs4)ncnc32)cc1. The van der Waals surface area contributed by atoms with Gasteiger partial charge in [0.05, 0.1) is 30.9 Å². The Hall–Kier alpha value is -2.93. The third-order valence-electron chi connectivity index (χ3n) is 3.69. The molecule has 4 aromatic rings.